The Balaban J connectivity index is 2.25. The van der Waals surface area contributed by atoms with E-state index in [0.717, 1.165) is 28.3 Å². The summed E-state index contributed by atoms with van der Waals surface area (Å²) in [6, 6.07) is 20.1. The fourth-order valence-electron chi connectivity index (χ4n) is 2.17. The van der Waals surface area contributed by atoms with Crippen molar-refractivity contribution in [1.29, 1.82) is 0 Å². The van der Waals surface area contributed by atoms with E-state index in [1.807, 2.05) is 72.3 Å². The van der Waals surface area contributed by atoms with Gasteiger partial charge in [-0.05, 0) is 19.1 Å². The van der Waals surface area contributed by atoms with Crippen LogP contribution in [0, 0.1) is 6.92 Å². The molecule has 1 heterocycles. The van der Waals surface area contributed by atoms with Crippen LogP contribution in [0.3, 0.4) is 0 Å². The first-order chi connectivity index (χ1) is 9.27. The zero-order chi connectivity index (χ0) is 13.2. The summed E-state index contributed by atoms with van der Waals surface area (Å²) in [5.41, 5.74) is 10.8. The largest absolute Gasteiger partial charge is 0.395 e. The maximum Gasteiger partial charge on any atom is 0.0973 e. The second kappa shape index (κ2) is 4.61. The van der Waals surface area contributed by atoms with Crippen molar-refractivity contribution in [3.8, 4) is 16.9 Å². The predicted molar refractivity (Wildman–Crippen MR) is 78.1 cm³/mol. The molecular weight excluding hydrogens is 234 g/mol. The molecule has 0 aliphatic heterocycles. The summed E-state index contributed by atoms with van der Waals surface area (Å²) in [6.07, 6.45) is 0. The van der Waals surface area contributed by atoms with E-state index in [1.165, 1.54) is 0 Å². The first kappa shape index (κ1) is 11.5. The van der Waals surface area contributed by atoms with Crippen LogP contribution in [-0.2, 0) is 0 Å². The molecule has 0 saturated carbocycles. The molecule has 3 nitrogen and oxygen atoms in total. The highest BCUT2D eigenvalue weighted by Crippen LogP contribution is 2.30. The van der Waals surface area contributed by atoms with E-state index in [2.05, 4.69) is 5.10 Å². The van der Waals surface area contributed by atoms with E-state index < -0.39 is 0 Å². The van der Waals surface area contributed by atoms with Gasteiger partial charge < -0.3 is 5.73 Å². The van der Waals surface area contributed by atoms with Crippen LogP contribution in [0.2, 0.25) is 0 Å². The summed E-state index contributed by atoms with van der Waals surface area (Å²) in [7, 11) is 0. The summed E-state index contributed by atoms with van der Waals surface area (Å²) in [6.45, 7) is 1.93. The van der Waals surface area contributed by atoms with Crippen LogP contribution < -0.4 is 5.73 Å². The minimum absolute atomic E-state index is 0.732. The number of hydrogen-bond donors (Lipinski definition) is 1. The van der Waals surface area contributed by atoms with Crippen LogP contribution in [0.15, 0.2) is 60.7 Å². The maximum atomic E-state index is 6.19. The molecule has 3 rings (SSSR count). The van der Waals surface area contributed by atoms with Gasteiger partial charge in [-0.25, -0.2) is 4.68 Å². The van der Waals surface area contributed by atoms with Gasteiger partial charge in [0.25, 0.3) is 0 Å². The number of para-hydroxylation sites is 1. The molecule has 3 heteroatoms. The molecule has 0 saturated heterocycles. The Bertz CT molecular complexity index is 685. The van der Waals surface area contributed by atoms with Gasteiger partial charge in [-0.1, -0.05) is 48.5 Å². The summed E-state index contributed by atoms with van der Waals surface area (Å²) in [5.74, 6) is 0. The van der Waals surface area contributed by atoms with Crippen molar-refractivity contribution < 1.29 is 0 Å². The smallest absolute Gasteiger partial charge is 0.0973 e. The molecule has 0 aliphatic carbocycles. The Hall–Kier alpha value is -2.55. The van der Waals surface area contributed by atoms with Gasteiger partial charge in [0.15, 0.2) is 0 Å². The molecule has 2 N–H and O–H groups in total. The Labute approximate surface area is 112 Å². The molecule has 0 atom stereocenters. The Morgan fingerprint density at radius 3 is 2.11 bits per heavy atom. The number of hydrogen-bond acceptors (Lipinski definition) is 2. The third kappa shape index (κ3) is 1.99. The highest BCUT2D eigenvalue weighted by atomic mass is 15.3. The third-order valence-corrected chi connectivity index (χ3v) is 3.15. The van der Waals surface area contributed by atoms with Gasteiger partial charge in [0.2, 0.25) is 0 Å². The lowest BCUT2D eigenvalue weighted by atomic mass is 10.1. The van der Waals surface area contributed by atoms with Crippen molar-refractivity contribution in [3.63, 3.8) is 0 Å². The lowest BCUT2D eigenvalue weighted by Crippen LogP contribution is -1.99. The van der Waals surface area contributed by atoms with Crippen molar-refractivity contribution in [2.24, 2.45) is 0 Å². The van der Waals surface area contributed by atoms with Crippen LogP contribution in [0.5, 0.6) is 0 Å². The average molecular weight is 249 g/mol. The van der Waals surface area contributed by atoms with E-state index in [4.69, 9.17) is 5.73 Å². The second-order valence-electron chi connectivity index (χ2n) is 4.46. The quantitative estimate of drug-likeness (QED) is 0.756. The number of rotatable bonds is 2. The third-order valence-electron chi connectivity index (χ3n) is 3.15. The number of anilines is 1. The van der Waals surface area contributed by atoms with E-state index in [-0.39, 0.29) is 0 Å². The number of nitrogens with zero attached hydrogens (tertiary/aromatic N) is 2. The molecule has 0 spiro atoms. The molecule has 0 radical (unpaired) electrons. The standard InChI is InChI=1S/C16H15N3/c1-12-15(17)16(13-8-4-2-5-9-13)19(18-12)14-10-6-3-7-11-14/h2-11H,17H2,1H3. The normalized spacial score (nSPS) is 10.6. The number of aryl methyl sites for hydroxylation is 1. The topological polar surface area (TPSA) is 43.8 Å². The maximum absolute atomic E-state index is 6.19. The van der Waals surface area contributed by atoms with Crippen LogP contribution in [0.25, 0.3) is 16.9 Å². The van der Waals surface area contributed by atoms with Crippen LogP contribution in [-0.4, -0.2) is 9.78 Å². The van der Waals surface area contributed by atoms with Crippen molar-refractivity contribution in [1.82, 2.24) is 9.78 Å². The molecule has 0 fully saturated rings. The Morgan fingerprint density at radius 2 is 1.47 bits per heavy atom. The summed E-state index contributed by atoms with van der Waals surface area (Å²) >= 11 is 0. The monoisotopic (exact) mass is 249 g/mol. The Morgan fingerprint density at radius 1 is 0.895 bits per heavy atom. The zero-order valence-electron chi connectivity index (χ0n) is 10.7. The van der Waals surface area contributed by atoms with Crippen LogP contribution >= 0.6 is 0 Å². The highest BCUT2D eigenvalue weighted by molar-refractivity contribution is 5.76. The minimum atomic E-state index is 0.732. The summed E-state index contributed by atoms with van der Waals surface area (Å²) in [4.78, 5) is 0. The van der Waals surface area contributed by atoms with Gasteiger partial charge in [0.1, 0.15) is 0 Å². The molecule has 0 bridgehead atoms. The molecule has 1 aromatic heterocycles. The van der Waals surface area contributed by atoms with Crippen molar-refractivity contribution >= 4 is 5.69 Å². The summed E-state index contributed by atoms with van der Waals surface area (Å²) in [5, 5.41) is 4.55. The first-order valence-electron chi connectivity index (χ1n) is 6.23. The lowest BCUT2D eigenvalue weighted by molar-refractivity contribution is 0.869. The minimum Gasteiger partial charge on any atom is -0.395 e. The van der Waals surface area contributed by atoms with Crippen LogP contribution in [0.4, 0.5) is 5.69 Å². The summed E-state index contributed by atoms with van der Waals surface area (Å²) < 4.78 is 1.90. The molecule has 2 aromatic carbocycles. The molecule has 0 aliphatic rings. The van der Waals surface area contributed by atoms with Crippen molar-refractivity contribution in [2.45, 2.75) is 6.92 Å². The zero-order valence-corrected chi connectivity index (χ0v) is 10.7. The number of nitrogens with two attached hydrogens (primary N) is 1. The fraction of sp³-hybridized carbons (Fsp3) is 0.0625. The van der Waals surface area contributed by atoms with Gasteiger partial charge in [0.05, 0.1) is 22.8 Å². The number of aromatic nitrogens is 2. The van der Waals surface area contributed by atoms with Crippen molar-refractivity contribution in [2.75, 3.05) is 5.73 Å². The molecular formula is C16H15N3. The van der Waals surface area contributed by atoms with Gasteiger partial charge in [-0.15, -0.1) is 0 Å². The molecule has 3 aromatic rings. The van der Waals surface area contributed by atoms with E-state index >= 15 is 0 Å². The first-order valence-corrected chi connectivity index (χ1v) is 6.23. The number of benzene rings is 2. The average Bonchev–Trinajstić information content (AvgIpc) is 2.77. The lowest BCUT2D eigenvalue weighted by Gasteiger charge is -2.08. The molecule has 0 unspecified atom stereocenters. The van der Waals surface area contributed by atoms with E-state index in [9.17, 15) is 0 Å². The molecule has 94 valence electrons. The predicted octanol–water partition coefficient (Wildman–Crippen LogP) is 3.43. The van der Waals surface area contributed by atoms with E-state index in [0.29, 0.717) is 0 Å². The van der Waals surface area contributed by atoms with Gasteiger partial charge >= 0.3 is 0 Å². The Kier molecular flexibility index (Phi) is 2.80. The van der Waals surface area contributed by atoms with Gasteiger partial charge in [-0.2, -0.15) is 5.10 Å². The van der Waals surface area contributed by atoms with Gasteiger partial charge in [-0.3, -0.25) is 0 Å². The highest BCUT2D eigenvalue weighted by Gasteiger charge is 2.15. The molecule has 0 amide bonds. The van der Waals surface area contributed by atoms with E-state index in [1.54, 1.807) is 0 Å². The van der Waals surface area contributed by atoms with Crippen molar-refractivity contribution in [3.05, 3.63) is 66.4 Å². The SMILES string of the molecule is Cc1nn(-c2ccccc2)c(-c2ccccc2)c1N. The number of nitrogen functional groups attached to an aromatic ring is 1. The molecule has 19 heavy (non-hydrogen) atoms. The van der Waals surface area contributed by atoms with Crippen LogP contribution in [0.1, 0.15) is 5.69 Å². The second-order valence-corrected chi connectivity index (χ2v) is 4.46. The van der Waals surface area contributed by atoms with Gasteiger partial charge in [0, 0.05) is 5.56 Å². The fourth-order valence-corrected chi connectivity index (χ4v) is 2.17.